The molecule has 3 aromatic rings. The van der Waals surface area contributed by atoms with Gasteiger partial charge in [-0.05, 0) is 42.3 Å². The zero-order chi connectivity index (χ0) is 23.8. The van der Waals surface area contributed by atoms with Crippen molar-refractivity contribution in [3.63, 3.8) is 0 Å². The van der Waals surface area contributed by atoms with Gasteiger partial charge in [0.2, 0.25) is 0 Å². The molecule has 2 atom stereocenters. The maximum atomic E-state index is 12.9. The molecular formula is C27H26N2O5. The van der Waals surface area contributed by atoms with Crippen molar-refractivity contribution in [2.45, 2.75) is 19.6 Å². The molecule has 0 radical (unpaired) electrons. The van der Waals surface area contributed by atoms with Gasteiger partial charge in [0.05, 0.1) is 6.04 Å². The van der Waals surface area contributed by atoms with Crippen molar-refractivity contribution in [1.29, 1.82) is 0 Å². The van der Waals surface area contributed by atoms with Crippen LogP contribution in [-0.4, -0.2) is 30.9 Å². The second-order valence-electron chi connectivity index (χ2n) is 7.83. The van der Waals surface area contributed by atoms with Crippen molar-refractivity contribution in [3.05, 3.63) is 96.1 Å². The van der Waals surface area contributed by atoms with Crippen LogP contribution in [-0.2, 0) is 16.1 Å². The van der Waals surface area contributed by atoms with Crippen LogP contribution < -0.4 is 14.8 Å². The fraction of sp³-hybridized carbons (Fsp3) is 0.222. The number of rotatable bonds is 9. The maximum Gasteiger partial charge on any atom is 0.341 e. The summed E-state index contributed by atoms with van der Waals surface area (Å²) in [4.78, 5) is 28.9. The first kappa shape index (κ1) is 23.0. The third-order valence-corrected chi connectivity index (χ3v) is 5.42. The molecule has 3 aromatic carbocycles. The van der Waals surface area contributed by atoms with Gasteiger partial charge < -0.3 is 19.5 Å². The maximum absolute atomic E-state index is 12.9. The average molecular weight is 459 g/mol. The molecule has 1 aliphatic heterocycles. The van der Waals surface area contributed by atoms with E-state index in [1.807, 2.05) is 84.9 Å². The van der Waals surface area contributed by atoms with Gasteiger partial charge in [0.15, 0.2) is 0 Å². The Bertz CT molecular complexity index is 1130. The second-order valence-corrected chi connectivity index (χ2v) is 7.83. The number of urea groups is 1. The summed E-state index contributed by atoms with van der Waals surface area (Å²) in [5.41, 5.74) is 2.24. The van der Waals surface area contributed by atoms with E-state index in [-0.39, 0.29) is 13.2 Å². The molecule has 174 valence electrons. The van der Waals surface area contributed by atoms with Crippen molar-refractivity contribution < 1.29 is 23.8 Å². The Morgan fingerprint density at radius 3 is 2.21 bits per heavy atom. The molecule has 4 rings (SSSR count). The molecule has 0 aliphatic carbocycles. The number of hydrogen-bond donors (Lipinski definition) is 1. The predicted octanol–water partition coefficient (Wildman–Crippen LogP) is 4.73. The van der Waals surface area contributed by atoms with E-state index in [1.54, 1.807) is 6.92 Å². The van der Waals surface area contributed by atoms with Crippen LogP contribution in [0.5, 0.6) is 11.5 Å². The molecule has 7 nitrogen and oxygen atoms in total. The van der Waals surface area contributed by atoms with Gasteiger partial charge in [0, 0.05) is 5.71 Å². The molecular weight excluding hydrogens is 432 g/mol. The van der Waals surface area contributed by atoms with Crippen molar-refractivity contribution in [1.82, 2.24) is 5.32 Å². The number of esters is 1. The van der Waals surface area contributed by atoms with E-state index in [4.69, 9.17) is 14.2 Å². The fourth-order valence-electron chi connectivity index (χ4n) is 3.72. The summed E-state index contributed by atoms with van der Waals surface area (Å²) in [6, 6.07) is 25.4. The minimum absolute atomic E-state index is 0.0877. The quantitative estimate of drug-likeness (QED) is 0.370. The Morgan fingerprint density at radius 2 is 1.50 bits per heavy atom. The van der Waals surface area contributed by atoms with Crippen molar-refractivity contribution in [2.75, 3.05) is 13.2 Å². The van der Waals surface area contributed by atoms with Gasteiger partial charge in [0.25, 0.3) is 0 Å². The highest BCUT2D eigenvalue weighted by atomic mass is 16.6. The van der Waals surface area contributed by atoms with Crippen molar-refractivity contribution in [3.8, 4) is 11.5 Å². The fourth-order valence-corrected chi connectivity index (χ4v) is 3.72. The number of nitrogens with one attached hydrogen (secondary N) is 1. The number of para-hydroxylation sites is 1. The summed E-state index contributed by atoms with van der Waals surface area (Å²) in [5.74, 6) is 0.198. The zero-order valence-corrected chi connectivity index (χ0v) is 18.8. The molecule has 7 heteroatoms. The molecule has 0 fully saturated rings. The Kier molecular flexibility index (Phi) is 7.55. The highest BCUT2D eigenvalue weighted by Crippen LogP contribution is 2.29. The van der Waals surface area contributed by atoms with Crippen LogP contribution in [0.15, 0.2) is 89.9 Å². The Hall–Kier alpha value is -4.13. The number of carbonyl (C=O) groups excluding carboxylic acids is 2. The largest absolute Gasteiger partial charge is 0.490 e. The highest BCUT2D eigenvalue weighted by Gasteiger charge is 2.38. The lowest BCUT2D eigenvalue weighted by Gasteiger charge is -2.29. The summed E-state index contributed by atoms with van der Waals surface area (Å²) in [5, 5.41) is 2.79. The number of carbonyl (C=O) groups is 2. The second kappa shape index (κ2) is 11.1. The molecule has 1 heterocycles. The van der Waals surface area contributed by atoms with Crippen LogP contribution in [0.2, 0.25) is 0 Å². The minimum Gasteiger partial charge on any atom is -0.490 e. The molecule has 1 aliphatic rings. The average Bonchev–Trinajstić information content (AvgIpc) is 2.86. The van der Waals surface area contributed by atoms with E-state index in [2.05, 4.69) is 10.3 Å². The summed E-state index contributed by atoms with van der Waals surface area (Å²) < 4.78 is 16.9. The van der Waals surface area contributed by atoms with E-state index >= 15 is 0 Å². The number of nitrogens with zero attached hydrogens (tertiary/aromatic N) is 1. The standard InChI is InChI=1S/C27H26N2O5/c1-19-24(26(30)33-17-16-32-22-10-6-3-7-11-22)25(29-27(31)28-19)21-12-14-23(15-13-21)34-18-20-8-4-2-5-9-20/h2-15,24-25H,16-18H2,1H3,(H,29,31). The Balaban J connectivity index is 1.38. The Morgan fingerprint density at radius 1 is 0.853 bits per heavy atom. The van der Waals surface area contributed by atoms with Crippen molar-refractivity contribution >= 4 is 17.7 Å². The monoisotopic (exact) mass is 458 g/mol. The van der Waals surface area contributed by atoms with Gasteiger partial charge in [-0.15, -0.1) is 0 Å². The molecule has 0 bridgehead atoms. The molecule has 2 amide bonds. The number of aliphatic imine (C=N–C) groups is 1. The van der Waals surface area contributed by atoms with E-state index in [1.165, 1.54) is 0 Å². The molecule has 0 aromatic heterocycles. The molecule has 0 spiro atoms. The SMILES string of the molecule is CC1=NC(=O)NC(c2ccc(OCc3ccccc3)cc2)C1C(=O)OCCOc1ccccc1. The first-order valence-electron chi connectivity index (χ1n) is 11.1. The third-order valence-electron chi connectivity index (χ3n) is 5.42. The van der Waals surface area contributed by atoms with Gasteiger partial charge in [-0.25, -0.2) is 9.79 Å². The van der Waals surface area contributed by atoms with E-state index in [9.17, 15) is 9.59 Å². The first-order valence-corrected chi connectivity index (χ1v) is 11.1. The number of amides is 2. The minimum atomic E-state index is -0.731. The third kappa shape index (κ3) is 6.01. The van der Waals surface area contributed by atoms with Gasteiger partial charge >= 0.3 is 12.0 Å². The number of benzene rings is 3. The summed E-state index contributed by atoms with van der Waals surface area (Å²) >= 11 is 0. The van der Waals surface area contributed by atoms with Crippen molar-refractivity contribution in [2.24, 2.45) is 10.9 Å². The summed E-state index contributed by atoms with van der Waals surface area (Å²) in [6.45, 7) is 2.43. The highest BCUT2D eigenvalue weighted by molar-refractivity contribution is 6.08. The molecule has 0 saturated carbocycles. The molecule has 1 N–H and O–H groups in total. The topological polar surface area (TPSA) is 86.2 Å². The first-order chi connectivity index (χ1) is 16.6. The molecule has 34 heavy (non-hydrogen) atoms. The summed E-state index contributed by atoms with van der Waals surface area (Å²) in [6.07, 6.45) is 0. The number of hydrogen-bond acceptors (Lipinski definition) is 5. The van der Waals surface area contributed by atoms with Crippen LogP contribution in [0.4, 0.5) is 4.79 Å². The van der Waals surface area contributed by atoms with E-state index in [0.29, 0.717) is 23.8 Å². The zero-order valence-electron chi connectivity index (χ0n) is 18.8. The lowest BCUT2D eigenvalue weighted by molar-refractivity contribution is -0.147. The lowest BCUT2D eigenvalue weighted by Crippen LogP contribution is -2.44. The van der Waals surface area contributed by atoms with Crippen LogP contribution in [0.1, 0.15) is 24.1 Å². The van der Waals surface area contributed by atoms with Gasteiger partial charge in [-0.3, -0.25) is 4.79 Å². The van der Waals surface area contributed by atoms with Gasteiger partial charge in [-0.1, -0.05) is 60.7 Å². The van der Waals surface area contributed by atoms with E-state index < -0.39 is 24.0 Å². The van der Waals surface area contributed by atoms with Crippen LogP contribution in [0.25, 0.3) is 0 Å². The predicted molar refractivity (Wildman–Crippen MR) is 128 cm³/mol. The summed E-state index contributed by atoms with van der Waals surface area (Å²) in [7, 11) is 0. The normalized spacial score (nSPS) is 17.3. The Labute approximate surface area is 198 Å². The molecule has 2 unspecified atom stereocenters. The van der Waals surface area contributed by atoms with Gasteiger partial charge in [-0.2, -0.15) is 0 Å². The van der Waals surface area contributed by atoms with Crippen LogP contribution >= 0.6 is 0 Å². The van der Waals surface area contributed by atoms with Gasteiger partial charge in [0.1, 0.15) is 37.2 Å². The van der Waals surface area contributed by atoms with Crippen LogP contribution in [0.3, 0.4) is 0 Å². The smallest absolute Gasteiger partial charge is 0.341 e. The van der Waals surface area contributed by atoms with Crippen LogP contribution in [0, 0.1) is 5.92 Å². The van der Waals surface area contributed by atoms with E-state index in [0.717, 1.165) is 11.1 Å². The lowest BCUT2D eigenvalue weighted by atomic mass is 9.88. The molecule has 0 saturated heterocycles. The number of ether oxygens (including phenoxy) is 3.